The molecule has 0 bridgehead atoms. The molecule has 0 radical (unpaired) electrons. The van der Waals surface area contributed by atoms with E-state index < -0.39 is 28.6 Å². The highest BCUT2D eigenvalue weighted by Gasteiger charge is 2.38. The number of alkyl halides is 2. The summed E-state index contributed by atoms with van der Waals surface area (Å²) in [4.78, 5) is 46.4. The van der Waals surface area contributed by atoms with Crippen LogP contribution in [0.15, 0.2) is 78.9 Å². The van der Waals surface area contributed by atoms with Crippen LogP contribution in [0.2, 0.25) is 0 Å². The molecule has 0 amide bonds. The van der Waals surface area contributed by atoms with Crippen molar-refractivity contribution in [2.75, 3.05) is 19.6 Å². The Bertz CT molecular complexity index is 2160. The number of hydrogen-bond acceptors (Lipinski definition) is 6. The quantitative estimate of drug-likeness (QED) is 0.0651. The number of ketones is 1. The van der Waals surface area contributed by atoms with Gasteiger partial charge in [-0.2, -0.15) is 0 Å². The van der Waals surface area contributed by atoms with E-state index in [1.54, 1.807) is 35.4 Å². The second kappa shape index (κ2) is 24.1. The van der Waals surface area contributed by atoms with Crippen molar-refractivity contribution in [1.29, 1.82) is 0 Å². The van der Waals surface area contributed by atoms with Gasteiger partial charge in [-0.05, 0) is 143 Å². The Morgan fingerprint density at radius 1 is 0.532 bits per heavy atom. The van der Waals surface area contributed by atoms with E-state index in [0.717, 1.165) is 24.0 Å². The van der Waals surface area contributed by atoms with Gasteiger partial charge in [0.05, 0.1) is 30.7 Å². The van der Waals surface area contributed by atoms with Crippen LogP contribution >= 0.6 is 65.0 Å². The van der Waals surface area contributed by atoms with E-state index >= 15 is 0 Å². The highest BCUT2D eigenvalue weighted by Crippen LogP contribution is 2.47. The van der Waals surface area contributed by atoms with Crippen LogP contribution in [-0.2, 0) is 31.1 Å². The highest BCUT2D eigenvalue weighted by molar-refractivity contribution is 7.54. The molecule has 4 aromatic carbocycles. The fourth-order valence-corrected chi connectivity index (χ4v) is 7.68. The summed E-state index contributed by atoms with van der Waals surface area (Å²) in [6.07, 6.45) is 4.86. The SMILES string of the molecule is COC(=O)c1ccc(C(=O)Cl)cc1.COC(=O)c1ccc(C(=O)c2cc3c(cc2C)C(C)(C)CCC3(C)C)cc1.Cc1ccc2c(c1)C(C)(C)CCC2(C)C.ClCCl.[Cl][Al]([Cl])[Cl]. The number of methoxy groups -OCH3 is 2. The van der Waals surface area contributed by atoms with Crippen molar-refractivity contribution >= 4 is 99.3 Å². The maximum absolute atomic E-state index is 13.2. The number of aryl methyl sites for hydroxylation is 2. The Kier molecular flexibility index (Phi) is 21.6. The molecular formula is C49H59AlCl6O6. The maximum atomic E-state index is 13.2. The number of hydrogen-bond donors (Lipinski definition) is 0. The minimum absolute atomic E-state index is 0.00843. The zero-order valence-electron chi connectivity index (χ0n) is 37.8. The number of benzene rings is 4. The molecule has 0 fully saturated rings. The van der Waals surface area contributed by atoms with Gasteiger partial charge in [0.2, 0.25) is 0 Å². The van der Waals surface area contributed by atoms with E-state index in [0.29, 0.717) is 33.1 Å². The predicted molar refractivity (Wildman–Crippen MR) is 262 cm³/mol. The molecule has 0 N–H and O–H groups in total. The summed E-state index contributed by atoms with van der Waals surface area (Å²) in [6.45, 7) is 22.8. The van der Waals surface area contributed by atoms with Gasteiger partial charge in [-0.25, -0.2) is 39.7 Å². The van der Waals surface area contributed by atoms with Gasteiger partial charge in [-0.3, -0.25) is 9.59 Å². The van der Waals surface area contributed by atoms with Gasteiger partial charge in [0.1, 0.15) is 0 Å². The Labute approximate surface area is 401 Å². The third-order valence-corrected chi connectivity index (χ3v) is 11.8. The van der Waals surface area contributed by atoms with E-state index in [-0.39, 0.29) is 22.0 Å². The zero-order chi connectivity index (χ0) is 47.4. The Balaban J connectivity index is 0.000000319. The average Bonchev–Trinajstić information content (AvgIpc) is 3.21. The van der Waals surface area contributed by atoms with Crippen LogP contribution in [0.4, 0.5) is 0 Å². The number of rotatable bonds is 5. The predicted octanol–water partition coefficient (Wildman–Crippen LogP) is 14.7. The largest absolute Gasteiger partial charge is 0.643 e. The van der Waals surface area contributed by atoms with Gasteiger partial charge in [0.15, 0.2) is 5.78 Å². The van der Waals surface area contributed by atoms with Crippen LogP contribution in [0.5, 0.6) is 0 Å². The standard InChI is InChI=1S/C24H28O3.C15H22.C9H7ClO3.CH2Cl2.Al.3ClH/c1-15-13-19-20(24(4,5)12-11-23(19,2)3)14-18(15)21(25)16-7-9-17(10-8-16)22(26)27-6;1-11-6-7-12-13(10-11)15(4,5)9-8-14(12,2)3;1-13-9(12)7-4-2-6(3-5-7)8(10)11;2-1-3;;;;/h7-10,13-14H,11-12H2,1-6H3;6-7,10H,8-9H2,1-5H3;2-5H,1H3;1H2;;3*1H/q;;;;+3;;;/p-3. The first-order chi connectivity index (χ1) is 28.7. The number of carbonyl (C=O) groups excluding carboxylic acids is 4. The monoisotopic (exact) mass is 980 g/mol. The summed E-state index contributed by atoms with van der Waals surface area (Å²) >= 11 is 13.0. The van der Waals surface area contributed by atoms with Crippen LogP contribution in [0.25, 0.3) is 0 Å². The lowest BCUT2D eigenvalue weighted by atomic mass is 9.62. The van der Waals surface area contributed by atoms with Crippen LogP contribution in [0.1, 0.15) is 161 Å². The molecule has 2 aliphatic carbocycles. The first-order valence-corrected chi connectivity index (χ1v) is 26.8. The van der Waals surface area contributed by atoms with Gasteiger partial charge in [0.25, 0.3) is 5.24 Å². The molecule has 0 saturated heterocycles. The summed E-state index contributed by atoms with van der Waals surface area (Å²) in [5.74, 6) is -0.845. The molecule has 62 heavy (non-hydrogen) atoms. The summed E-state index contributed by atoms with van der Waals surface area (Å²) in [5.41, 5.74) is 11.6. The highest BCUT2D eigenvalue weighted by atomic mass is 35.8. The minimum Gasteiger partial charge on any atom is -0.465 e. The minimum atomic E-state index is -1.72. The van der Waals surface area contributed by atoms with Crippen LogP contribution in [0.3, 0.4) is 0 Å². The fraction of sp³-hybridized carbons (Fsp3) is 0.429. The lowest BCUT2D eigenvalue weighted by molar-refractivity contribution is 0.0592. The summed E-state index contributed by atoms with van der Waals surface area (Å²) in [5, 5.41) is -0.351. The molecule has 4 aromatic rings. The molecule has 0 spiro atoms. The summed E-state index contributed by atoms with van der Waals surface area (Å²) in [6, 6.07) is 23.9. The van der Waals surface area contributed by atoms with Gasteiger partial charge in [-0.15, -0.1) is 23.2 Å². The molecule has 6 rings (SSSR count). The summed E-state index contributed by atoms with van der Waals surface area (Å²) in [7, 11) is 17.5. The number of ether oxygens (including phenoxy) is 2. The van der Waals surface area contributed by atoms with Crippen molar-refractivity contribution in [2.45, 2.75) is 117 Å². The van der Waals surface area contributed by atoms with E-state index in [1.165, 1.54) is 68.0 Å². The van der Waals surface area contributed by atoms with Gasteiger partial charge >= 0.3 is 23.3 Å². The van der Waals surface area contributed by atoms with Crippen molar-refractivity contribution < 1.29 is 28.7 Å². The topological polar surface area (TPSA) is 86.7 Å². The molecule has 0 atom stereocenters. The average molecular weight is 984 g/mol. The molecule has 13 heteroatoms. The van der Waals surface area contributed by atoms with E-state index in [1.807, 2.05) is 6.92 Å². The number of carbonyl (C=O) groups is 4. The first-order valence-electron chi connectivity index (χ1n) is 20.1. The van der Waals surface area contributed by atoms with Gasteiger partial charge in [-0.1, -0.05) is 97.4 Å². The smallest absolute Gasteiger partial charge is 0.465 e. The molecule has 336 valence electrons. The number of halogens is 6. The molecule has 2 aliphatic rings. The third-order valence-electron chi connectivity index (χ3n) is 11.6. The molecule has 0 heterocycles. The molecule has 0 aromatic heterocycles. The second-order valence-electron chi connectivity index (χ2n) is 17.9. The third kappa shape index (κ3) is 15.6. The zero-order valence-corrected chi connectivity index (χ0v) is 43.5. The van der Waals surface area contributed by atoms with Crippen molar-refractivity contribution in [3.63, 3.8) is 0 Å². The fourth-order valence-electron chi connectivity index (χ4n) is 7.56. The van der Waals surface area contributed by atoms with E-state index in [4.69, 9.17) is 69.7 Å². The Hall–Kier alpha value is -2.57. The van der Waals surface area contributed by atoms with Crippen molar-refractivity contribution in [2.24, 2.45) is 0 Å². The Morgan fingerprint density at radius 2 is 0.855 bits per heavy atom. The first kappa shape index (κ1) is 55.6. The van der Waals surface area contributed by atoms with E-state index in [9.17, 15) is 19.2 Å². The molecule has 0 aliphatic heterocycles. The molecule has 0 unspecified atom stereocenters. The second-order valence-corrected chi connectivity index (χ2v) is 25.5. The lowest BCUT2D eigenvalue weighted by Crippen LogP contribution is -2.34. The van der Waals surface area contributed by atoms with Crippen LogP contribution in [-0.4, -0.2) is 53.9 Å². The summed E-state index contributed by atoms with van der Waals surface area (Å²) < 4.78 is 9.20. The lowest BCUT2D eigenvalue weighted by Gasteiger charge is -2.42. The van der Waals surface area contributed by atoms with Crippen molar-refractivity contribution in [3.8, 4) is 0 Å². The normalized spacial score (nSPS) is 15.5. The molecule has 6 nitrogen and oxygen atoms in total. The molecular weight excluding hydrogens is 924 g/mol. The Morgan fingerprint density at radius 3 is 1.23 bits per heavy atom. The van der Waals surface area contributed by atoms with Crippen LogP contribution < -0.4 is 0 Å². The van der Waals surface area contributed by atoms with E-state index in [2.05, 4.69) is 97.4 Å². The van der Waals surface area contributed by atoms with Gasteiger partial charge in [0, 0.05) is 16.7 Å². The number of fused-ring (bicyclic) bond motifs is 2. The van der Waals surface area contributed by atoms with Gasteiger partial charge < -0.3 is 9.47 Å². The maximum Gasteiger partial charge on any atom is 0.643 e. The van der Waals surface area contributed by atoms with Crippen molar-refractivity contribution in [3.05, 3.63) is 140 Å². The number of esters is 2. The molecule has 0 saturated carbocycles. The van der Waals surface area contributed by atoms with Crippen molar-refractivity contribution in [1.82, 2.24) is 0 Å². The van der Waals surface area contributed by atoms with Crippen LogP contribution in [0, 0.1) is 13.8 Å².